The van der Waals surface area contributed by atoms with Gasteiger partial charge in [0.25, 0.3) is 5.91 Å². The van der Waals surface area contributed by atoms with E-state index in [1.807, 2.05) is 0 Å². The average Bonchev–Trinajstić information content (AvgIpc) is 2.94. The molecule has 0 aromatic carbocycles. The Kier molecular flexibility index (Phi) is 3.75. The lowest BCUT2D eigenvalue weighted by atomic mass is 9.86. The number of anilines is 1. The van der Waals surface area contributed by atoms with Crippen LogP contribution in [-0.4, -0.2) is 28.5 Å². The Balaban J connectivity index is 2.04. The minimum Gasteiger partial charge on any atom is -0.481 e. The number of thiazole rings is 1. The van der Waals surface area contributed by atoms with Gasteiger partial charge in [0.1, 0.15) is 4.88 Å². The van der Waals surface area contributed by atoms with Crippen molar-refractivity contribution in [1.82, 2.24) is 10.3 Å². The molecule has 1 aliphatic carbocycles. The molecule has 0 unspecified atom stereocenters. The normalized spacial score (nSPS) is 17.3. The van der Waals surface area contributed by atoms with Crippen molar-refractivity contribution in [2.24, 2.45) is 5.41 Å². The van der Waals surface area contributed by atoms with Crippen molar-refractivity contribution in [3.05, 3.63) is 10.6 Å². The molecule has 19 heavy (non-hydrogen) atoms. The number of aliphatic carboxylic acids is 1. The van der Waals surface area contributed by atoms with Gasteiger partial charge < -0.3 is 16.2 Å². The zero-order chi connectivity index (χ0) is 14.0. The van der Waals surface area contributed by atoms with Crippen LogP contribution in [0.25, 0.3) is 0 Å². The van der Waals surface area contributed by atoms with E-state index < -0.39 is 11.4 Å². The van der Waals surface area contributed by atoms with E-state index >= 15 is 0 Å². The molecule has 1 amide bonds. The summed E-state index contributed by atoms with van der Waals surface area (Å²) >= 11 is 1.12. The van der Waals surface area contributed by atoms with Gasteiger partial charge in [0.15, 0.2) is 5.13 Å². The molecule has 1 saturated carbocycles. The quantitative estimate of drug-likeness (QED) is 0.774. The van der Waals surface area contributed by atoms with Crippen LogP contribution in [0.2, 0.25) is 0 Å². The van der Waals surface area contributed by atoms with Crippen LogP contribution in [0.15, 0.2) is 0 Å². The molecule has 4 N–H and O–H groups in total. The highest BCUT2D eigenvalue weighted by Crippen LogP contribution is 2.37. The van der Waals surface area contributed by atoms with Gasteiger partial charge in [0, 0.05) is 6.54 Å². The number of hydrogen-bond acceptors (Lipinski definition) is 5. The fourth-order valence-corrected chi connectivity index (χ4v) is 3.23. The van der Waals surface area contributed by atoms with Gasteiger partial charge in [0.05, 0.1) is 11.1 Å². The van der Waals surface area contributed by atoms with Crippen LogP contribution in [0.3, 0.4) is 0 Å². The van der Waals surface area contributed by atoms with Crippen molar-refractivity contribution in [1.29, 1.82) is 0 Å². The third-order valence-electron chi connectivity index (χ3n) is 3.62. The first-order valence-corrected chi connectivity index (χ1v) is 7.01. The number of carbonyl (C=O) groups is 2. The van der Waals surface area contributed by atoms with Gasteiger partial charge in [-0.25, -0.2) is 4.98 Å². The Hall–Kier alpha value is -1.63. The molecule has 7 heteroatoms. The van der Waals surface area contributed by atoms with Gasteiger partial charge in [0.2, 0.25) is 0 Å². The van der Waals surface area contributed by atoms with Crippen LogP contribution in [0.5, 0.6) is 0 Å². The molecular formula is C12H17N3O3S. The van der Waals surface area contributed by atoms with Crippen LogP contribution in [-0.2, 0) is 4.79 Å². The Labute approximate surface area is 115 Å². The third-order valence-corrected chi connectivity index (χ3v) is 4.61. The lowest BCUT2D eigenvalue weighted by Crippen LogP contribution is -2.41. The number of rotatable bonds is 4. The number of nitrogens with one attached hydrogen (secondary N) is 1. The minimum atomic E-state index is -0.828. The van der Waals surface area contributed by atoms with Crippen molar-refractivity contribution < 1.29 is 14.7 Å². The van der Waals surface area contributed by atoms with Gasteiger partial charge in [-0.05, 0) is 19.8 Å². The zero-order valence-electron chi connectivity index (χ0n) is 10.7. The fourth-order valence-electron chi connectivity index (χ4n) is 2.48. The summed E-state index contributed by atoms with van der Waals surface area (Å²) in [4.78, 5) is 27.8. The summed E-state index contributed by atoms with van der Waals surface area (Å²) < 4.78 is 0. The summed E-state index contributed by atoms with van der Waals surface area (Å²) in [6.45, 7) is 1.88. The van der Waals surface area contributed by atoms with Gasteiger partial charge in [-0.15, -0.1) is 0 Å². The Morgan fingerprint density at radius 3 is 2.58 bits per heavy atom. The summed E-state index contributed by atoms with van der Waals surface area (Å²) in [6.07, 6.45) is 3.03. The molecule has 0 aliphatic heterocycles. The second-order valence-corrected chi connectivity index (χ2v) is 5.97. The predicted octanol–water partition coefficient (Wildman–Crippen LogP) is 1.41. The van der Waals surface area contributed by atoms with Crippen molar-refractivity contribution >= 4 is 28.3 Å². The number of carbonyl (C=O) groups excluding carboxylic acids is 1. The maximum absolute atomic E-state index is 12.0. The third kappa shape index (κ3) is 2.70. The van der Waals surface area contributed by atoms with Crippen LogP contribution in [0.1, 0.15) is 41.0 Å². The fraction of sp³-hybridized carbons (Fsp3) is 0.583. The first-order chi connectivity index (χ1) is 8.94. The average molecular weight is 283 g/mol. The van der Waals surface area contributed by atoms with E-state index in [4.69, 9.17) is 5.73 Å². The number of carboxylic acids is 1. The highest BCUT2D eigenvalue weighted by molar-refractivity contribution is 7.17. The van der Waals surface area contributed by atoms with E-state index in [0.29, 0.717) is 28.5 Å². The lowest BCUT2D eigenvalue weighted by Gasteiger charge is -2.23. The molecule has 0 atom stereocenters. The number of amides is 1. The summed E-state index contributed by atoms with van der Waals surface area (Å²) in [5, 5.41) is 12.4. The minimum absolute atomic E-state index is 0.165. The summed E-state index contributed by atoms with van der Waals surface area (Å²) in [6, 6.07) is 0. The molecule has 6 nitrogen and oxygen atoms in total. The number of aromatic nitrogens is 1. The molecule has 1 aromatic rings. The molecule has 0 radical (unpaired) electrons. The molecule has 0 bridgehead atoms. The molecule has 104 valence electrons. The van der Waals surface area contributed by atoms with E-state index in [1.54, 1.807) is 6.92 Å². The second-order valence-electron chi connectivity index (χ2n) is 4.94. The van der Waals surface area contributed by atoms with Gasteiger partial charge in [-0.1, -0.05) is 24.2 Å². The number of hydrogen-bond donors (Lipinski definition) is 3. The maximum Gasteiger partial charge on any atom is 0.311 e. The van der Waals surface area contributed by atoms with Crippen LogP contribution in [0, 0.1) is 12.3 Å². The Morgan fingerprint density at radius 1 is 1.47 bits per heavy atom. The van der Waals surface area contributed by atoms with Crippen LogP contribution in [0.4, 0.5) is 5.13 Å². The molecule has 1 aromatic heterocycles. The van der Waals surface area contributed by atoms with Crippen molar-refractivity contribution in [3.63, 3.8) is 0 Å². The summed E-state index contributed by atoms with van der Waals surface area (Å²) in [7, 11) is 0. The first kappa shape index (κ1) is 13.8. The smallest absolute Gasteiger partial charge is 0.311 e. The van der Waals surface area contributed by atoms with E-state index in [9.17, 15) is 14.7 Å². The van der Waals surface area contributed by atoms with Gasteiger partial charge >= 0.3 is 5.97 Å². The van der Waals surface area contributed by atoms with Crippen LogP contribution < -0.4 is 11.1 Å². The molecule has 0 spiro atoms. The highest BCUT2D eigenvalue weighted by atomic mass is 32.1. The van der Waals surface area contributed by atoms with Gasteiger partial charge in [-0.3, -0.25) is 9.59 Å². The SMILES string of the molecule is Cc1nc(N)sc1C(=O)NCC1(C(=O)O)CCCC1. The van der Waals surface area contributed by atoms with E-state index in [1.165, 1.54) is 0 Å². The number of nitrogens with two attached hydrogens (primary N) is 1. The molecule has 1 heterocycles. The maximum atomic E-state index is 12.0. The van der Waals surface area contributed by atoms with E-state index in [0.717, 1.165) is 24.2 Å². The largest absolute Gasteiger partial charge is 0.481 e. The molecular weight excluding hydrogens is 266 g/mol. The van der Waals surface area contributed by atoms with Gasteiger partial charge in [-0.2, -0.15) is 0 Å². The molecule has 1 fully saturated rings. The number of nitrogen functional groups attached to an aromatic ring is 1. The summed E-state index contributed by atoms with van der Waals surface area (Å²) in [5.74, 6) is -1.12. The van der Waals surface area contributed by atoms with E-state index in [2.05, 4.69) is 10.3 Å². The second kappa shape index (κ2) is 5.16. The lowest BCUT2D eigenvalue weighted by molar-refractivity contribution is -0.148. The van der Waals surface area contributed by atoms with Crippen LogP contribution >= 0.6 is 11.3 Å². The Bertz CT molecular complexity index is 506. The van der Waals surface area contributed by atoms with E-state index in [-0.39, 0.29) is 12.5 Å². The van der Waals surface area contributed by atoms with Crippen molar-refractivity contribution in [2.45, 2.75) is 32.6 Å². The standard InChI is InChI=1S/C12H17N3O3S/c1-7-8(19-11(13)15-7)9(16)14-6-12(10(17)18)4-2-3-5-12/h2-6H2,1H3,(H2,13,15)(H,14,16)(H,17,18). The molecule has 2 rings (SSSR count). The predicted molar refractivity (Wildman–Crippen MR) is 72.1 cm³/mol. The zero-order valence-corrected chi connectivity index (χ0v) is 11.5. The molecule has 0 saturated heterocycles. The summed E-state index contributed by atoms with van der Waals surface area (Å²) in [5.41, 5.74) is 5.32. The monoisotopic (exact) mass is 283 g/mol. The number of aryl methyl sites for hydroxylation is 1. The van der Waals surface area contributed by atoms with Crippen molar-refractivity contribution in [2.75, 3.05) is 12.3 Å². The molecule has 1 aliphatic rings. The van der Waals surface area contributed by atoms with Crippen molar-refractivity contribution in [3.8, 4) is 0 Å². The highest BCUT2D eigenvalue weighted by Gasteiger charge is 2.41. The first-order valence-electron chi connectivity index (χ1n) is 6.19. The topological polar surface area (TPSA) is 105 Å². The number of nitrogens with zero attached hydrogens (tertiary/aromatic N) is 1. The number of carboxylic acid groups (broad SMARTS) is 1. The Morgan fingerprint density at radius 2 is 2.11 bits per heavy atom.